The van der Waals surface area contributed by atoms with Crippen LogP contribution in [0.15, 0.2) is 18.2 Å². The second-order valence-electron chi connectivity index (χ2n) is 4.43. The third-order valence-corrected chi connectivity index (χ3v) is 3.96. The van der Waals surface area contributed by atoms with Gasteiger partial charge in [-0.15, -0.1) is 6.42 Å². The molecule has 6 heteroatoms. The maximum atomic E-state index is 11.2. The lowest BCUT2D eigenvalue weighted by Gasteiger charge is -2.15. The van der Waals surface area contributed by atoms with Crippen LogP contribution in [-0.2, 0) is 10.0 Å². The largest absolute Gasteiger partial charge is 0.477 e. The van der Waals surface area contributed by atoms with E-state index in [9.17, 15) is 8.42 Å². The highest BCUT2D eigenvalue weighted by Gasteiger charge is 2.10. The van der Waals surface area contributed by atoms with Crippen molar-refractivity contribution in [1.82, 2.24) is 0 Å². The zero-order chi connectivity index (χ0) is 15.2. The smallest absolute Gasteiger partial charge is 0.229 e. The van der Waals surface area contributed by atoms with Gasteiger partial charge in [0.05, 0.1) is 9.83 Å². The molecule has 1 aromatic rings. The zero-order valence-electron chi connectivity index (χ0n) is 11.5. The van der Waals surface area contributed by atoms with E-state index in [0.717, 1.165) is 29.1 Å². The average Bonchev–Trinajstić information content (AvgIpc) is 2.35. The number of ether oxygens (including phenoxy) is 1. The molecule has 0 aliphatic heterocycles. The van der Waals surface area contributed by atoms with E-state index in [2.05, 4.69) is 40.2 Å². The Morgan fingerprint density at radius 3 is 2.70 bits per heavy atom. The monoisotopic (exact) mass is 407 g/mol. The molecule has 1 rings (SSSR count). The van der Waals surface area contributed by atoms with E-state index in [4.69, 9.17) is 11.2 Å². The van der Waals surface area contributed by atoms with E-state index in [0.29, 0.717) is 11.4 Å². The summed E-state index contributed by atoms with van der Waals surface area (Å²) in [5, 5.41) is 0. The third-order valence-electron chi connectivity index (χ3n) is 2.51. The van der Waals surface area contributed by atoms with Gasteiger partial charge in [-0.1, -0.05) is 19.3 Å². The van der Waals surface area contributed by atoms with Crippen molar-refractivity contribution in [3.05, 3.63) is 21.8 Å². The Bertz CT molecular complexity index is 593. The molecule has 0 heterocycles. The van der Waals surface area contributed by atoms with Gasteiger partial charge in [0.2, 0.25) is 10.0 Å². The molecule has 1 unspecified atom stereocenters. The molecule has 1 N–H and O–H groups in total. The fourth-order valence-electron chi connectivity index (χ4n) is 1.59. The minimum Gasteiger partial charge on any atom is -0.477 e. The maximum absolute atomic E-state index is 11.2. The molecule has 0 saturated carbocycles. The Labute approximate surface area is 134 Å². The number of unbranched alkanes of at least 4 members (excludes halogenated alkanes) is 1. The Morgan fingerprint density at radius 2 is 2.20 bits per heavy atom. The molecule has 0 aliphatic carbocycles. The van der Waals surface area contributed by atoms with Crippen molar-refractivity contribution < 1.29 is 13.2 Å². The van der Waals surface area contributed by atoms with Crippen molar-refractivity contribution in [2.45, 2.75) is 32.3 Å². The Hall–Kier alpha value is -0.940. The summed E-state index contributed by atoms with van der Waals surface area (Å²) in [5.74, 6) is 3.30. The molecule has 0 spiro atoms. The summed E-state index contributed by atoms with van der Waals surface area (Å²) in [6.07, 6.45) is 9.21. The van der Waals surface area contributed by atoms with E-state index >= 15 is 0 Å². The van der Waals surface area contributed by atoms with E-state index in [1.165, 1.54) is 0 Å². The molecular weight excluding hydrogens is 389 g/mol. The molecule has 110 valence electrons. The first-order chi connectivity index (χ1) is 9.35. The fourth-order valence-corrected chi connectivity index (χ4v) is 2.79. The normalized spacial score (nSPS) is 12.5. The van der Waals surface area contributed by atoms with Gasteiger partial charge in [0.1, 0.15) is 5.75 Å². The van der Waals surface area contributed by atoms with Gasteiger partial charge in [0.25, 0.3) is 0 Å². The Morgan fingerprint density at radius 1 is 1.50 bits per heavy atom. The Kier molecular flexibility index (Phi) is 6.62. The van der Waals surface area contributed by atoms with Crippen molar-refractivity contribution in [1.29, 1.82) is 0 Å². The van der Waals surface area contributed by atoms with Gasteiger partial charge in [-0.2, -0.15) is 0 Å². The number of hydrogen-bond donors (Lipinski definition) is 1. The van der Waals surface area contributed by atoms with Gasteiger partial charge in [-0.3, -0.25) is 4.72 Å². The van der Waals surface area contributed by atoms with Crippen LogP contribution in [0.1, 0.15) is 26.2 Å². The van der Waals surface area contributed by atoms with Crippen LogP contribution in [0.3, 0.4) is 0 Å². The SMILES string of the molecule is C#CC(CCCC)Oc1ccc(NS(C)(=O)=O)cc1I. The van der Waals surface area contributed by atoms with Crippen LogP contribution >= 0.6 is 22.6 Å². The number of hydrogen-bond acceptors (Lipinski definition) is 3. The lowest BCUT2D eigenvalue weighted by molar-refractivity contribution is 0.242. The predicted molar refractivity (Wildman–Crippen MR) is 90.4 cm³/mol. The zero-order valence-corrected chi connectivity index (χ0v) is 14.5. The van der Waals surface area contributed by atoms with Crippen LogP contribution in [0.5, 0.6) is 5.75 Å². The predicted octanol–water partition coefficient (Wildman–Crippen LogP) is 3.23. The van der Waals surface area contributed by atoms with Gasteiger partial charge in [-0.05, 0) is 53.6 Å². The van der Waals surface area contributed by atoms with Gasteiger partial charge in [-0.25, -0.2) is 8.42 Å². The topological polar surface area (TPSA) is 55.4 Å². The van der Waals surface area contributed by atoms with Gasteiger partial charge < -0.3 is 4.74 Å². The quantitative estimate of drug-likeness (QED) is 0.558. The lowest BCUT2D eigenvalue weighted by Crippen LogP contribution is -2.15. The maximum Gasteiger partial charge on any atom is 0.229 e. The second kappa shape index (κ2) is 7.74. The van der Waals surface area contributed by atoms with Crippen LogP contribution < -0.4 is 9.46 Å². The number of nitrogens with one attached hydrogen (secondary N) is 1. The number of terminal acetylenes is 1. The minimum atomic E-state index is -3.27. The number of rotatable bonds is 7. The van der Waals surface area contributed by atoms with Gasteiger partial charge in [0, 0.05) is 5.69 Å². The molecule has 0 amide bonds. The first-order valence-electron chi connectivity index (χ1n) is 6.26. The van der Waals surface area contributed by atoms with Crippen LogP contribution in [0.4, 0.5) is 5.69 Å². The third kappa shape index (κ3) is 6.01. The Balaban J connectivity index is 2.80. The highest BCUT2D eigenvalue weighted by Crippen LogP contribution is 2.26. The first kappa shape index (κ1) is 17.1. The lowest BCUT2D eigenvalue weighted by atomic mass is 10.2. The number of halogens is 1. The molecule has 0 bridgehead atoms. The summed E-state index contributed by atoms with van der Waals surface area (Å²) >= 11 is 2.10. The summed E-state index contributed by atoms with van der Waals surface area (Å²) < 4.78 is 31.3. The number of sulfonamides is 1. The van der Waals surface area contributed by atoms with Crippen molar-refractivity contribution in [3.8, 4) is 18.1 Å². The molecule has 20 heavy (non-hydrogen) atoms. The summed E-state index contributed by atoms with van der Waals surface area (Å²) in [7, 11) is -3.27. The molecule has 1 aromatic carbocycles. The second-order valence-corrected chi connectivity index (χ2v) is 7.35. The molecular formula is C14H18INO3S. The molecule has 0 fully saturated rings. The molecule has 0 saturated heterocycles. The molecule has 0 radical (unpaired) electrons. The van der Waals surface area contributed by atoms with E-state index in [1.54, 1.807) is 18.2 Å². The van der Waals surface area contributed by atoms with E-state index < -0.39 is 10.0 Å². The first-order valence-corrected chi connectivity index (χ1v) is 9.23. The van der Waals surface area contributed by atoms with E-state index in [-0.39, 0.29) is 6.10 Å². The molecule has 0 aliphatic rings. The summed E-state index contributed by atoms with van der Waals surface area (Å²) in [6.45, 7) is 2.10. The van der Waals surface area contributed by atoms with E-state index in [1.807, 2.05) is 0 Å². The van der Waals surface area contributed by atoms with Crippen molar-refractivity contribution in [2.24, 2.45) is 0 Å². The summed E-state index contributed by atoms with van der Waals surface area (Å²) in [5.41, 5.74) is 0.509. The van der Waals surface area contributed by atoms with Crippen LogP contribution in [0.25, 0.3) is 0 Å². The van der Waals surface area contributed by atoms with Crippen LogP contribution in [0.2, 0.25) is 0 Å². The van der Waals surface area contributed by atoms with Crippen molar-refractivity contribution in [2.75, 3.05) is 11.0 Å². The average molecular weight is 407 g/mol. The molecule has 0 aromatic heterocycles. The standard InChI is InChI=1S/C14H18INO3S/c1-4-6-7-12(5-2)19-14-9-8-11(10-13(14)15)16-20(3,17)18/h2,8-10,12,16H,4,6-7H2,1,3H3. The minimum absolute atomic E-state index is 0.253. The molecule has 1 atom stereocenters. The highest BCUT2D eigenvalue weighted by molar-refractivity contribution is 14.1. The van der Waals surface area contributed by atoms with Crippen molar-refractivity contribution in [3.63, 3.8) is 0 Å². The number of anilines is 1. The van der Waals surface area contributed by atoms with Gasteiger partial charge >= 0.3 is 0 Å². The summed E-state index contributed by atoms with van der Waals surface area (Å²) in [4.78, 5) is 0. The van der Waals surface area contributed by atoms with Crippen LogP contribution in [-0.4, -0.2) is 20.8 Å². The number of benzene rings is 1. The fraction of sp³-hybridized carbons (Fsp3) is 0.429. The van der Waals surface area contributed by atoms with Crippen LogP contribution in [0, 0.1) is 15.9 Å². The highest BCUT2D eigenvalue weighted by atomic mass is 127. The summed E-state index contributed by atoms with van der Waals surface area (Å²) in [6, 6.07) is 5.10. The molecule has 4 nitrogen and oxygen atoms in total. The van der Waals surface area contributed by atoms with Crippen molar-refractivity contribution >= 4 is 38.3 Å². The van der Waals surface area contributed by atoms with Gasteiger partial charge in [0.15, 0.2) is 6.10 Å².